The molecule has 0 aromatic carbocycles. The van der Waals surface area contributed by atoms with Gasteiger partial charge in [0.15, 0.2) is 0 Å². The van der Waals surface area contributed by atoms with Crippen molar-refractivity contribution >= 4 is 6.03 Å². The highest BCUT2D eigenvalue weighted by Gasteiger charge is 2.11. The van der Waals surface area contributed by atoms with Gasteiger partial charge >= 0.3 is 6.03 Å². The number of hydrogen-bond donors (Lipinski definition) is 1. The predicted octanol–water partition coefficient (Wildman–Crippen LogP) is 0.0165. The van der Waals surface area contributed by atoms with E-state index in [0.29, 0.717) is 0 Å². The van der Waals surface area contributed by atoms with E-state index in [1.165, 1.54) is 9.91 Å². The minimum atomic E-state index is -0.325. The van der Waals surface area contributed by atoms with Crippen molar-refractivity contribution < 1.29 is 4.79 Å². The molecule has 0 aliphatic heterocycles. The molecule has 0 bridgehead atoms. The molecule has 0 aromatic rings. The van der Waals surface area contributed by atoms with Gasteiger partial charge in [-0.2, -0.15) is 5.26 Å². The molecule has 0 heterocycles. The van der Waals surface area contributed by atoms with Crippen LogP contribution in [0.5, 0.6) is 0 Å². The highest BCUT2D eigenvalue weighted by atomic mass is 16.2. The quantitative estimate of drug-likeness (QED) is 0.594. The molecular formula is C7H14N4O. The van der Waals surface area contributed by atoms with Crippen molar-refractivity contribution in [3.63, 3.8) is 0 Å². The first kappa shape index (κ1) is 10.7. The summed E-state index contributed by atoms with van der Waals surface area (Å²) < 4.78 is 0. The highest BCUT2D eigenvalue weighted by Crippen LogP contribution is 1.89. The second-order valence-electron chi connectivity index (χ2n) is 2.73. The number of carbonyl (C=O) groups is 1. The number of carbonyl (C=O) groups excluding carboxylic acids is 1. The Morgan fingerprint density at radius 2 is 2.00 bits per heavy atom. The van der Waals surface area contributed by atoms with Crippen LogP contribution in [-0.4, -0.2) is 43.1 Å². The predicted molar refractivity (Wildman–Crippen MR) is 45.1 cm³/mol. The Hall–Kier alpha value is -1.28. The molecule has 5 heteroatoms. The zero-order valence-electron chi connectivity index (χ0n) is 7.83. The lowest BCUT2D eigenvalue weighted by Crippen LogP contribution is -2.48. The maximum absolute atomic E-state index is 11.0. The normalized spacial score (nSPS) is 12.0. The summed E-state index contributed by atoms with van der Waals surface area (Å²) in [4.78, 5) is 12.4. The highest BCUT2D eigenvalue weighted by molar-refractivity contribution is 5.72. The number of nitrogens with one attached hydrogen (secondary N) is 1. The minimum Gasteiger partial charge on any atom is -0.330 e. The molecule has 5 nitrogen and oxygen atoms in total. The third-order valence-corrected chi connectivity index (χ3v) is 1.45. The lowest BCUT2D eigenvalue weighted by atomic mass is 10.4. The van der Waals surface area contributed by atoms with E-state index in [1.807, 2.05) is 6.07 Å². The van der Waals surface area contributed by atoms with Crippen LogP contribution in [0, 0.1) is 11.3 Å². The lowest BCUT2D eigenvalue weighted by molar-refractivity contribution is 0.166. The topological polar surface area (TPSA) is 59.4 Å². The SMILES string of the molecule is CC(C#N)N(C)NC(=O)N(C)C. The number of amides is 2. The van der Waals surface area contributed by atoms with E-state index in [0.717, 1.165) is 0 Å². The lowest BCUT2D eigenvalue weighted by Gasteiger charge is -2.22. The Balaban J connectivity index is 3.94. The van der Waals surface area contributed by atoms with Crippen molar-refractivity contribution in [1.82, 2.24) is 15.3 Å². The Bertz CT molecular complexity index is 196. The third-order valence-electron chi connectivity index (χ3n) is 1.45. The molecule has 12 heavy (non-hydrogen) atoms. The molecule has 0 saturated heterocycles. The van der Waals surface area contributed by atoms with Gasteiger partial charge in [-0.05, 0) is 6.92 Å². The van der Waals surface area contributed by atoms with Gasteiger partial charge in [0.25, 0.3) is 0 Å². The summed E-state index contributed by atoms with van der Waals surface area (Å²) in [6, 6.07) is 1.44. The van der Waals surface area contributed by atoms with E-state index in [2.05, 4.69) is 5.43 Å². The molecule has 0 fully saturated rings. The Morgan fingerprint density at radius 1 is 1.50 bits per heavy atom. The fourth-order valence-corrected chi connectivity index (χ4v) is 0.434. The standard InChI is InChI=1S/C7H14N4O/c1-6(5-8)11(4)9-7(12)10(2)3/h6H,1-4H3,(H,9,12). The molecule has 0 rings (SSSR count). The number of hydrazine groups is 1. The van der Waals surface area contributed by atoms with Crippen LogP contribution < -0.4 is 5.43 Å². The van der Waals surface area contributed by atoms with Crippen LogP contribution in [0.3, 0.4) is 0 Å². The van der Waals surface area contributed by atoms with Gasteiger partial charge in [0.2, 0.25) is 0 Å². The monoisotopic (exact) mass is 170 g/mol. The maximum atomic E-state index is 11.0. The summed E-state index contributed by atoms with van der Waals surface area (Å²) in [6.07, 6.45) is 0. The van der Waals surface area contributed by atoms with E-state index in [9.17, 15) is 4.79 Å². The summed E-state index contributed by atoms with van der Waals surface area (Å²) in [5.74, 6) is 0. The summed E-state index contributed by atoms with van der Waals surface area (Å²) in [5.41, 5.74) is 2.53. The summed E-state index contributed by atoms with van der Waals surface area (Å²) in [6.45, 7) is 1.70. The van der Waals surface area contributed by atoms with Crippen molar-refractivity contribution in [3.8, 4) is 6.07 Å². The van der Waals surface area contributed by atoms with E-state index in [4.69, 9.17) is 5.26 Å². The van der Waals surface area contributed by atoms with Gasteiger partial charge in [0.1, 0.15) is 6.04 Å². The first-order valence-corrected chi connectivity index (χ1v) is 3.59. The van der Waals surface area contributed by atoms with Crippen molar-refractivity contribution in [2.45, 2.75) is 13.0 Å². The molecule has 1 N–H and O–H groups in total. The average molecular weight is 170 g/mol. The van der Waals surface area contributed by atoms with Gasteiger partial charge in [-0.1, -0.05) is 0 Å². The van der Waals surface area contributed by atoms with E-state index in [-0.39, 0.29) is 12.1 Å². The number of nitriles is 1. The molecule has 0 saturated carbocycles. The molecule has 1 atom stereocenters. The molecule has 0 aliphatic rings. The number of nitrogens with zero attached hydrogens (tertiary/aromatic N) is 3. The first-order chi connectivity index (χ1) is 5.49. The number of rotatable bonds is 2. The largest absolute Gasteiger partial charge is 0.331 e. The number of hydrogen-bond acceptors (Lipinski definition) is 3. The molecule has 0 spiro atoms. The van der Waals surface area contributed by atoms with Gasteiger partial charge < -0.3 is 4.90 Å². The Kier molecular flexibility index (Phi) is 4.08. The van der Waals surface area contributed by atoms with Gasteiger partial charge in [-0.15, -0.1) is 0 Å². The molecule has 0 aromatic heterocycles. The fraction of sp³-hybridized carbons (Fsp3) is 0.714. The zero-order chi connectivity index (χ0) is 9.72. The molecule has 0 aliphatic carbocycles. The second kappa shape index (κ2) is 4.57. The first-order valence-electron chi connectivity index (χ1n) is 3.59. The van der Waals surface area contributed by atoms with Crippen molar-refractivity contribution in [1.29, 1.82) is 5.26 Å². The van der Waals surface area contributed by atoms with Crippen LogP contribution in [0.1, 0.15) is 6.92 Å². The molecular weight excluding hydrogens is 156 g/mol. The molecule has 2 amide bonds. The van der Waals surface area contributed by atoms with Crippen molar-refractivity contribution in [3.05, 3.63) is 0 Å². The Labute approximate surface area is 72.5 Å². The average Bonchev–Trinajstić information content (AvgIpc) is 2.02. The summed E-state index contributed by atoms with van der Waals surface area (Å²) >= 11 is 0. The van der Waals surface area contributed by atoms with Crippen LogP contribution >= 0.6 is 0 Å². The van der Waals surface area contributed by atoms with Crippen LogP contribution in [-0.2, 0) is 0 Å². The van der Waals surface area contributed by atoms with Gasteiger partial charge in [0.05, 0.1) is 6.07 Å². The zero-order valence-corrected chi connectivity index (χ0v) is 7.83. The smallest absolute Gasteiger partial charge is 0.330 e. The second-order valence-corrected chi connectivity index (χ2v) is 2.73. The number of urea groups is 1. The Morgan fingerprint density at radius 3 is 2.33 bits per heavy atom. The molecule has 0 radical (unpaired) electrons. The van der Waals surface area contributed by atoms with Crippen molar-refractivity contribution in [2.24, 2.45) is 0 Å². The summed E-state index contributed by atoms with van der Waals surface area (Å²) in [5, 5.41) is 9.96. The fourth-order valence-electron chi connectivity index (χ4n) is 0.434. The maximum Gasteiger partial charge on any atom is 0.331 e. The van der Waals surface area contributed by atoms with Gasteiger partial charge in [-0.3, -0.25) is 5.43 Å². The molecule has 1 unspecified atom stereocenters. The molecule has 68 valence electrons. The van der Waals surface area contributed by atoms with Crippen molar-refractivity contribution in [2.75, 3.05) is 21.1 Å². The van der Waals surface area contributed by atoms with E-state index in [1.54, 1.807) is 28.1 Å². The van der Waals surface area contributed by atoms with E-state index < -0.39 is 0 Å². The van der Waals surface area contributed by atoms with Gasteiger partial charge in [-0.25, -0.2) is 9.80 Å². The van der Waals surface area contributed by atoms with Crippen LogP contribution in [0.4, 0.5) is 4.79 Å². The van der Waals surface area contributed by atoms with Gasteiger partial charge in [0, 0.05) is 21.1 Å². The van der Waals surface area contributed by atoms with Crippen LogP contribution in [0.15, 0.2) is 0 Å². The van der Waals surface area contributed by atoms with Crippen LogP contribution in [0.2, 0.25) is 0 Å². The van der Waals surface area contributed by atoms with Crippen LogP contribution in [0.25, 0.3) is 0 Å². The van der Waals surface area contributed by atoms with E-state index >= 15 is 0 Å². The summed E-state index contributed by atoms with van der Waals surface area (Å²) in [7, 11) is 4.93. The minimum absolute atomic E-state index is 0.236. The third kappa shape index (κ3) is 3.21.